The zero-order valence-corrected chi connectivity index (χ0v) is 9.71. The quantitative estimate of drug-likeness (QED) is 0.908. The van der Waals surface area contributed by atoms with Gasteiger partial charge in [-0.2, -0.15) is 0 Å². The third-order valence-electron chi connectivity index (χ3n) is 2.22. The van der Waals surface area contributed by atoms with Crippen molar-refractivity contribution >= 4 is 17.3 Å². The molecule has 0 aliphatic rings. The molecule has 88 valence electrons. The third kappa shape index (κ3) is 3.10. The van der Waals surface area contributed by atoms with Crippen LogP contribution in [-0.4, -0.2) is 16.1 Å². The number of aryl methyl sites for hydroxylation is 1. The van der Waals surface area contributed by atoms with Gasteiger partial charge in [-0.25, -0.2) is 9.37 Å². The molecular formula is C12H10FNO2S. The highest BCUT2D eigenvalue weighted by molar-refractivity contribution is 7.15. The zero-order chi connectivity index (χ0) is 12.3. The molecule has 0 bridgehead atoms. The van der Waals surface area contributed by atoms with Crippen molar-refractivity contribution in [3.8, 4) is 10.4 Å². The van der Waals surface area contributed by atoms with Gasteiger partial charge in [-0.05, 0) is 17.7 Å². The van der Waals surface area contributed by atoms with Gasteiger partial charge in [0.1, 0.15) is 5.82 Å². The van der Waals surface area contributed by atoms with E-state index in [2.05, 4.69) is 4.98 Å². The normalized spacial score (nSPS) is 10.4. The van der Waals surface area contributed by atoms with Gasteiger partial charge in [0.2, 0.25) is 0 Å². The SMILES string of the molecule is O=C(O)CCc1ncc(-c2cccc(F)c2)s1. The topological polar surface area (TPSA) is 50.2 Å². The molecule has 0 saturated carbocycles. The van der Waals surface area contributed by atoms with Crippen LogP contribution in [0.4, 0.5) is 4.39 Å². The zero-order valence-electron chi connectivity index (χ0n) is 8.89. The molecule has 0 saturated heterocycles. The largest absolute Gasteiger partial charge is 0.481 e. The minimum absolute atomic E-state index is 0.0656. The van der Waals surface area contributed by atoms with Crippen molar-refractivity contribution in [3.05, 3.63) is 41.3 Å². The van der Waals surface area contributed by atoms with Gasteiger partial charge in [0.15, 0.2) is 0 Å². The van der Waals surface area contributed by atoms with E-state index in [0.717, 1.165) is 15.4 Å². The van der Waals surface area contributed by atoms with Crippen molar-refractivity contribution < 1.29 is 14.3 Å². The van der Waals surface area contributed by atoms with Gasteiger partial charge in [0, 0.05) is 12.6 Å². The van der Waals surface area contributed by atoms with Crippen molar-refractivity contribution in [1.29, 1.82) is 0 Å². The van der Waals surface area contributed by atoms with Crippen LogP contribution < -0.4 is 0 Å². The summed E-state index contributed by atoms with van der Waals surface area (Å²) in [6.07, 6.45) is 2.13. The van der Waals surface area contributed by atoms with Crippen molar-refractivity contribution in [1.82, 2.24) is 4.98 Å². The predicted molar refractivity (Wildman–Crippen MR) is 63.5 cm³/mol. The first-order valence-corrected chi connectivity index (χ1v) is 5.89. The fourth-order valence-corrected chi connectivity index (χ4v) is 2.33. The Kier molecular flexibility index (Phi) is 3.49. The second kappa shape index (κ2) is 5.05. The van der Waals surface area contributed by atoms with Crippen LogP contribution in [0, 0.1) is 5.82 Å². The second-order valence-corrected chi connectivity index (χ2v) is 4.64. The Bertz CT molecular complexity index is 539. The monoisotopic (exact) mass is 251 g/mol. The smallest absolute Gasteiger partial charge is 0.303 e. The lowest BCUT2D eigenvalue weighted by molar-refractivity contribution is -0.136. The van der Waals surface area contributed by atoms with Crippen LogP contribution in [0.5, 0.6) is 0 Å². The molecule has 0 unspecified atom stereocenters. The van der Waals surface area contributed by atoms with E-state index >= 15 is 0 Å². The minimum atomic E-state index is -0.840. The van der Waals surface area contributed by atoms with E-state index in [1.54, 1.807) is 18.3 Å². The number of hydrogen-bond donors (Lipinski definition) is 1. The van der Waals surface area contributed by atoms with E-state index in [4.69, 9.17) is 5.11 Å². The number of rotatable bonds is 4. The maximum Gasteiger partial charge on any atom is 0.303 e. The Morgan fingerprint density at radius 1 is 1.47 bits per heavy atom. The average Bonchev–Trinajstić information content (AvgIpc) is 2.75. The van der Waals surface area contributed by atoms with E-state index in [1.165, 1.54) is 23.5 Å². The van der Waals surface area contributed by atoms with Gasteiger partial charge in [-0.3, -0.25) is 4.79 Å². The summed E-state index contributed by atoms with van der Waals surface area (Å²) in [7, 11) is 0. The van der Waals surface area contributed by atoms with Gasteiger partial charge in [-0.1, -0.05) is 12.1 Å². The summed E-state index contributed by atoms with van der Waals surface area (Å²) >= 11 is 1.40. The lowest BCUT2D eigenvalue weighted by Gasteiger charge is -1.95. The predicted octanol–water partition coefficient (Wildman–Crippen LogP) is 2.97. The van der Waals surface area contributed by atoms with E-state index in [1.807, 2.05) is 0 Å². The molecule has 1 aromatic heterocycles. The van der Waals surface area contributed by atoms with E-state index in [9.17, 15) is 9.18 Å². The summed E-state index contributed by atoms with van der Waals surface area (Å²) in [4.78, 5) is 15.4. The van der Waals surface area contributed by atoms with Crippen molar-refractivity contribution in [3.63, 3.8) is 0 Å². The first kappa shape index (κ1) is 11.7. The van der Waals surface area contributed by atoms with E-state index in [0.29, 0.717) is 6.42 Å². The minimum Gasteiger partial charge on any atom is -0.481 e. The maximum absolute atomic E-state index is 13.0. The Hall–Kier alpha value is -1.75. The molecule has 0 amide bonds. The summed E-state index contributed by atoms with van der Waals surface area (Å²) in [6, 6.07) is 6.27. The number of benzene rings is 1. The van der Waals surface area contributed by atoms with Gasteiger partial charge in [0.25, 0.3) is 0 Å². The van der Waals surface area contributed by atoms with Crippen LogP contribution in [0.25, 0.3) is 10.4 Å². The van der Waals surface area contributed by atoms with Crippen molar-refractivity contribution in [2.24, 2.45) is 0 Å². The van der Waals surface area contributed by atoms with Gasteiger partial charge in [-0.15, -0.1) is 11.3 Å². The Morgan fingerprint density at radius 3 is 3.00 bits per heavy atom. The highest BCUT2D eigenvalue weighted by Gasteiger charge is 2.06. The molecule has 0 spiro atoms. The second-order valence-electron chi connectivity index (χ2n) is 3.52. The summed E-state index contributed by atoms with van der Waals surface area (Å²) in [5.41, 5.74) is 0.768. The molecular weight excluding hydrogens is 241 g/mol. The number of nitrogens with zero attached hydrogens (tertiary/aromatic N) is 1. The molecule has 17 heavy (non-hydrogen) atoms. The van der Waals surface area contributed by atoms with Gasteiger partial charge < -0.3 is 5.11 Å². The first-order valence-electron chi connectivity index (χ1n) is 5.07. The van der Waals surface area contributed by atoms with E-state index < -0.39 is 5.97 Å². The fourth-order valence-electron chi connectivity index (χ4n) is 1.41. The molecule has 0 aliphatic carbocycles. The first-order chi connectivity index (χ1) is 8.15. The van der Waals surface area contributed by atoms with Crippen LogP contribution in [0.15, 0.2) is 30.5 Å². The standard InChI is InChI=1S/C12H10FNO2S/c13-9-3-1-2-8(6-9)10-7-14-11(17-10)4-5-12(15)16/h1-3,6-7H,4-5H2,(H,15,16). The molecule has 2 rings (SSSR count). The van der Waals surface area contributed by atoms with Gasteiger partial charge >= 0.3 is 5.97 Å². The Morgan fingerprint density at radius 2 is 2.29 bits per heavy atom. The van der Waals surface area contributed by atoms with Crippen LogP contribution in [0.1, 0.15) is 11.4 Å². The van der Waals surface area contributed by atoms with Crippen molar-refractivity contribution in [2.75, 3.05) is 0 Å². The fraction of sp³-hybridized carbons (Fsp3) is 0.167. The third-order valence-corrected chi connectivity index (χ3v) is 3.32. The lowest BCUT2D eigenvalue weighted by Crippen LogP contribution is -1.96. The Labute approximate surface area is 102 Å². The van der Waals surface area contributed by atoms with Crippen LogP contribution in [-0.2, 0) is 11.2 Å². The molecule has 1 heterocycles. The summed E-state index contributed by atoms with van der Waals surface area (Å²) in [5, 5.41) is 9.32. The highest BCUT2D eigenvalue weighted by Crippen LogP contribution is 2.27. The lowest BCUT2D eigenvalue weighted by atomic mass is 10.2. The number of aliphatic carboxylic acids is 1. The molecule has 2 aromatic rings. The average molecular weight is 251 g/mol. The maximum atomic E-state index is 13.0. The highest BCUT2D eigenvalue weighted by atomic mass is 32.1. The van der Waals surface area contributed by atoms with Crippen LogP contribution in [0.3, 0.4) is 0 Å². The molecule has 1 N–H and O–H groups in total. The summed E-state index contributed by atoms with van der Waals surface area (Å²) in [5.74, 6) is -1.13. The molecule has 5 heteroatoms. The number of aromatic nitrogens is 1. The molecule has 0 radical (unpaired) electrons. The van der Waals surface area contributed by atoms with E-state index in [-0.39, 0.29) is 12.2 Å². The van der Waals surface area contributed by atoms with Crippen molar-refractivity contribution in [2.45, 2.75) is 12.8 Å². The number of hydrogen-bond acceptors (Lipinski definition) is 3. The molecule has 3 nitrogen and oxygen atoms in total. The van der Waals surface area contributed by atoms with Crippen LogP contribution >= 0.6 is 11.3 Å². The number of carboxylic acids is 1. The molecule has 1 aromatic carbocycles. The Balaban J connectivity index is 2.15. The summed E-state index contributed by atoms with van der Waals surface area (Å²) in [6.45, 7) is 0. The van der Waals surface area contributed by atoms with Gasteiger partial charge in [0.05, 0.1) is 16.3 Å². The van der Waals surface area contributed by atoms with Crippen LogP contribution in [0.2, 0.25) is 0 Å². The number of halogens is 1. The molecule has 0 aliphatic heterocycles. The molecule has 0 fully saturated rings. The number of thiazole rings is 1. The summed E-state index contributed by atoms with van der Waals surface area (Å²) < 4.78 is 13.0. The number of carboxylic acid groups (broad SMARTS) is 1. The molecule has 0 atom stereocenters. The number of carbonyl (C=O) groups is 1.